The van der Waals surface area contributed by atoms with Crippen LogP contribution >= 0.6 is 27.5 Å². The van der Waals surface area contributed by atoms with Crippen LogP contribution in [0.4, 0.5) is 0 Å². The Morgan fingerprint density at radius 3 is 2.53 bits per heavy atom. The van der Waals surface area contributed by atoms with E-state index in [9.17, 15) is 8.42 Å². The van der Waals surface area contributed by atoms with Gasteiger partial charge in [0.15, 0.2) is 9.84 Å². The fourth-order valence-electron chi connectivity index (χ4n) is 1.74. The molecular weight excluding hydrogens is 348 g/mol. The minimum Gasteiger partial charge on any atom is -0.224 e. The first-order valence-electron chi connectivity index (χ1n) is 5.72. The lowest BCUT2D eigenvalue weighted by atomic mass is 10.1. The molecule has 0 radical (unpaired) electrons. The Balaban J connectivity index is 2.61. The summed E-state index contributed by atoms with van der Waals surface area (Å²) in [6.45, 7) is 1.63. The third kappa shape index (κ3) is 3.19. The van der Waals surface area contributed by atoms with Crippen LogP contribution in [0.5, 0.6) is 0 Å². The number of hydrogen-bond donors (Lipinski definition) is 0. The van der Waals surface area contributed by atoms with E-state index in [2.05, 4.69) is 15.9 Å². The first-order valence-corrected chi connectivity index (χ1v) is 8.54. The standard InChI is InChI=1S/C14H12BrClO2S/c1-2-19(17,18)12-6-7-14(16)13(9-12)10-4-3-5-11(15)8-10/h3-9H,2H2,1H3. The smallest absolute Gasteiger partial charge is 0.178 e. The maximum atomic E-state index is 11.9. The Morgan fingerprint density at radius 2 is 1.89 bits per heavy atom. The van der Waals surface area contributed by atoms with E-state index < -0.39 is 9.84 Å². The van der Waals surface area contributed by atoms with Crippen LogP contribution in [-0.2, 0) is 9.84 Å². The molecule has 0 amide bonds. The van der Waals surface area contributed by atoms with Crippen molar-refractivity contribution in [2.24, 2.45) is 0 Å². The third-order valence-electron chi connectivity index (χ3n) is 2.81. The summed E-state index contributed by atoms with van der Waals surface area (Å²) in [5, 5.41) is 0.535. The van der Waals surface area contributed by atoms with Gasteiger partial charge >= 0.3 is 0 Å². The summed E-state index contributed by atoms with van der Waals surface area (Å²) in [7, 11) is -3.23. The zero-order valence-electron chi connectivity index (χ0n) is 10.2. The summed E-state index contributed by atoms with van der Waals surface area (Å²) >= 11 is 9.56. The highest BCUT2D eigenvalue weighted by atomic mass is 79.9. The van der Waals surface area contributed by atoms with Crippen molar-refractivity contribution in [3.63, 3.8) is 0 Å². The van der Waals surface area contributed by atoms with Gasteiger partial charge in [0.1, 0.15) is 0 Å². The van der Waals surface area contributed by atoms with Gasteiger partial charge in [-0.25, -0.2) is 8.42 Å². The normalized spacial score (nSPS) is 11.5. The highest BCUT2D eigenvalue weighted by Crippen LogP contribution is 2.31. The molecule has 0 aliphatic carbocycles. The quantitative estimate of drug-likeness (QED) is 0.805. The van der Waals surface area contributed by atoms with E-state index in [4.69, 9.17) is 11.6 Å². The molecule has 0 aliphatic rings. The minimum atomic E-state index is -3.23. The summed E-state index contributed by atoms with van der Waals surface area (Å²) in [6, 6.07) is 12.4. The van der Waals surface area contributed by atoms with Crippen LogP contribution in [-0.4, -0.2) is 14.2 Å². The summed E-state index contributed by atoms with van der Waals surface area (Å²) in [5.41, 5.74) is 1.60. The van der Waals surface area contributed by atoms with Crippen molar-refractivity contribution in [1.29, 1.82) is 0 Å². The average Bonchev–Trinajstić information content (AvgIpc) is 2.39. The van der Waals surface area contributed by atoms with Crippen molar-refractivity contribution in [2.45, 2.75) is 11.8 Å². The van der Waals surface area contributed by atoms with Crippen molar-refractivity contribution >= 4 is 37.4 Å². The molecule has 0 fully saturated rings. The molecule has 19 heavy (non-hydrogen) atoms. The van der Waals surface area contributed by atoms with Gasteiger partial charge in [-0.1, -0.05) is 46.6 Å². The monoisotopic (exact) mass is 358 g/mol. The van der Waals surface area contributed by atoms with Gasteiger partial charge in [-0.05, 0) is 35.9 Å². The van der Waals surface area contributed by atoms with Gasteiger partial charge in [-0.3, -0.25) is 0 Å². The second-order valence-corrected chi connectivity index (χ2v) is 7.66. The molecule has 5 heteroatoms. The van der Waals surface area contributed by atoms with Gasteiger partial charge < -0.3 is 0 Å². The molecular formula is C14H12BrClO2S. The van der Waals surface area contributed by atoms with Gasteiger partial charge in [0, 0.05) is 15.1 Å². The zero-order valence-corrected chi connectivity index (χ0v) is 13.4. The van der Waals surface area contributed by atoms with Gasteiger partial charge in [-0.2, -0.15) is 0 Å². The SMILES string of the molecule is CCS(=O)(=O)c1ccc(Cl)c(-c2cccc(Br)c2)c1. The van der Waals surface area contributed by atoms with E-state index in [-0.39, 0.29) is 5.75 Å². The molecule has 0 saturated carbocycles. The molecule has 0 aliphatic heterocycles. The maximum absolute atomic E-state index is 11.9. The molecule has 2 nitrogen and oxygen atoms in total. The molecule has 0 spiro atoms. The van der Waals surface area contributed by atoms with Crippen molar-refractivity contribution in [2.75, 3.05) is 5.75 Å². The lowest BCUT2D eigenvalue weighted by molar-refractivity contribution is 0.597. The molecule has 100 valence electrons. The van der Waals surface area contributed by atoms with Crippen LogP contribution < -0.4 is 0 Å². The Hall–Kier alpha value is -0.840. The molecule has 0 unspecified atom stereocenters. The topological polar surface area (TPSA) is 34.1 Å². The lowest BCUT2D eigenvalue weighted by Crippen LogP contribution is -2.03. The molecule has 0 aromatic heterocycles. The minimum absolute atomic E-state index is 0.0759. The Morgan fingerprint density at radius 1 is 1.16 bits per heavy atom. The zero-order chi connectivity index (χ0) is 14.0. The molecule has 0 bridgehead atoms. The number of sulfone groups is 1. The Kier molecular flexibility index (Phi) is 4.33. The summed E-state index contributed by atoms with van der Waals surface area (Å²) in [6.07, 6.45) is 0. The summed E-state index contributed by atoms with van der Waals surface area (Å²) in [4.78, 5) is 0.300. The molecule has 2 aromatic rings. The van der Waals surface area contributed by atoms with Crippen molar-refractivity contribution in [3.05, 3.63) is 52.0 Å². The fourth-order valence-corrected chi connectivity index (χ4v) is 3.27. The van der Waals surface area contributed by atoms with Crippen LogP contribution in [0.2, 0.25) is 5.02 Å². The van der Waals surface area contributed by atoms with Gasteiger partial charge in [0.25, 0.3) is 0 Å². The molecule has 0 saturated heterocycles. The second kappa shape index (κ2) is 5.65. The third-order valence-corrected chi connectivity index (χ3v) is 5.37. The first kappa shape index (κ1) is 14.6. The van der Waals surface area contributed by atoms with Gasteiger partial charge in [0.2, 0.25) is 0 Å². The molecule has 0 N–H and O–H groups in total. The van der Waals surface area contributed by atoms with E-state index in [1.54, 1.807) is 25.1 Å². The fraction of sp³-hybridized carbons (Fsp3) is 0.143. The predicted molar refractivity (Wildman–Crippen MR) is 82.3 cm³/mol. The van der Waals surface area contributed by atoms with E-state index in [0.717, 1.165) is 15.6 Å². The second-order valence-electron chi connectivity index (χ2n) is 4.06. The van der Waals surface area contributed by atoms with E-state index in [1.807, 2.05) is 24.3 Å². The largest absolute Gasteiger partial charge is 0.224 e. The van der Waals surface area contributed by atoms with E-state index in [0.29, 0.717) is 9.92 Å². The number of hydrogen-bond acceptors (Lipinski definition) is 2. The van der Waals surface area contributed by atoms with Crippen LogP contribution in [0.25, 0.3) is 11.1 Å². The van der Waals surface area contributed by atoms with E-state index >= 15 is 0 Å². The van der Waals surface area contributed by atoms with Crippen molar-refractivity contribution in [3.8, 4) is 11.1 Å². The van der Waals surface area contributed by atoms with Crippen molar-refractivity contribution < 1.29 is 8.42 Å². The van der Waals surface area contributed by atoms with Crippen LogP contribution in [0.15, 0.2) is 51.8 Å². The Bertz CT molecular complexity index is 711. The Labute approximate surface area is 126 Å². The molecule has 0 heterocycles. The van der Waals surface area contributed by atoms with Crippen molar-refractivity contribution in [1.82, 2.24) is 0 Å². The number of halogens is 2. The summed E-state index contributed by atoms with van der Waals surface area (Å²) in [5.74, 6) is 0.0759. The number of rotatable bonds is 3. The van der Waals surface area contributed by atoms with Gasteiger partial charge in [-0.15, -0.1) is 0 Å². The maximum Gasteiger partial charge on any atom is 0.178 e. The summed E-state index contributed by atoms with van der Waals surface area (Å²) < 4.78 is 24.7. The lowest BCUT2D eigenvalue weighted by Gasteiger charge is -2.08. The average molecular weight is 360 g/mol. The van der Waals surface area contributed by atoms with Gasteiger partial charge in [0.05, 0.1) is 10.6 Å². The predicted octanol–water partition coefficient (Wildman–Crippen LogP) is 4.56. The molecule has 2 rings (SSSR count). The van der Waals surface area contributed by atoms with Crippen LogP contribution in [0.3, 0.4) is 0 Å². The number of benzene rings is 2. The molecule has 2 aromatic carbocycles. The van der Waals surface area contributed by atoms with Crippen LogP contribution in [0.1, 0.15) is 6.92 Å². The highest BCUT2D eigenvalue weighted by Gasteiger charge is 2.14. The van der Waals surface area contributed by atoms with Crippen LogP contribution in [0, 0.1) is 0 Å². The van der Waals surface area contributed by atoms with E-state index in [1.165, 1.54) is 0 Å². The highest BCUT2D eigenvalue weighted by molar-refractivity contribution is 9.10. The molecule has 0 atom stereocenters. The first-order chi connectivity index (χ1) is 8.94.